The van der Waals surface area contributed by atoms with Crippen LogP contribution in [-0.2, 0) is 11.3 Å². The molecule has 0 aromatic heterocycles. The van der Waals surface area contributed by atoms with Gasteiger partial charge in [0.1, 0.15) is 11.3 Å². The van der Waals surface area contributed by atoms with Gasteiger partial charge in [0.15, 0.2) is 0 Å². The average Bonchev–Trinajstić information content (AvgIpc) is 2.74. The molecule has 1 amide bonds. The maximum Gasteiger partial charge on any atom is 0.405 e. The van der Waals surface area contributed by atoms with E-state index in [1.54, 1.807) is 20.8 Å². The lowest BCUT2D eigenvalue weighted by Gasteiger charge is -2.16. The molecule has 0 saturated heterocycles. The van der Waals surface area contributed by atoms with Gasteiger partial charge in [-0.05, 0) is 33.3 Å². The van der Waals surface area contributed by atoms with Gasteiger partial charge in [0, 0.05) is 11.9 Å². The van der Waals surface area contributed by atoms with Crippen LogP contribution in [0, 0.1) is 0 Å². The van der Waals surface area contributed by atoms with Crippen molar-refractivity contribution in [2.75, 3.05) is 5.33 Å². The van der Waals surface area contributed by atoms with E-state index in [9.17, 15) is 4.79 Å². The number of carbonyl (C=O) groups is 1. The number of primary amides is 1. The summed E-state index contributed by atoms with van der Waals surface area (Å²) >= 11 is 3.37. The van der Waals surface area contributed by atoms with Crippen LogP contribution in [0.5, 0.6) is 0 Å². The molecule has 0 atom stereocenters. The zero-order valence-electron chi connectivity index (χ0n) is 10.4. The highest BCUT2D eigenvalue weighted by Crippen LogP contribution is 2.33. The molecular weight excluding hydrogens is 286 g/mol. The zero-order valence-corrected chi connectivity index (χ0v) is 12.0. The SMILES string of the molecule is BrCCCn1nc2cc1-2.CC(C)(C)OC(N)=O. The Labute approximate surface area is 109 Å². The molecule has 0 unspecified atom stereocenters. The van der Waals surface area contributed by atoms with E-state index in [4.69, 9.17) is 5.73 Å². The molecule has 0 aromatic carbocycles. The molecule has 0 radical (unpaired) electrons. The second-order valence-corrected chi connectivity index (χ2v) is 5.51. The molecule has 1 aliphatic heterocycles. The molecule has 0 fully saturated rings. The normalized spacial score (nSPS) is 11.5. The summed E-state index contributed by atoms with van der Waals surface area (Å²) in [5.41, 5.74) is 6.83. The van der Waals surface area contributed by atoms with Gasteiger partial charge in [-0.1, -0.05) is 15.9 Å². The van der Waals surface area contributed by atoms with Crippen LogP contribution >= 0.6 is 15.9 Å². The van der Waals surface area contributed by atoms with Gasteiger partial charge in [0.2, 0.25) is 0 Å². The number of hydrogen-bond donors (Lipinski definition) is 1. The molecule has 6 heteroatoms. The van der Waals surface area contributed by atoms with E-state index in [0.29, 0.717) is 0 Å². The van der Waals surface area contributed by atoms with E-state index < -0.39 is 11.7 Å². The summed E-state index contributed by atoms with van der Waals surface area (Å²) in [6.07, 6.45) is 0.450. The number of hydrogen-bond acceptors (Lipinski definition) is 3. The monoisotopic (exact) mass is 303 g/mol. The Hall–Kier alpha value is -1.04. The Morgan fingerprint density at radius 3 is 2.47 bits per heavy atom. The van der Waals surface area contributed by atoms with Gasteiger partial charge in [0.05, 0.1) is 5.69 Å². The maximum atomic E-state index is 10.0. The summed E-state index contributed by atoms with van der Waals surface area (Å²) in [7, 11) is 0. The third-order valence-electron chi connectivity index (χ3n) is 1.87. The number of amides is 1. The second-order valence-electron chi connectivity index (χ2n) is 4.71. The highest BCUT2D eigenvalue weighted by Gasteiger charge is 2.22. The van der Waals surface area contributed by atoms with Gasteiger partial charge in [-0.25, -0.2) is 4.79 Å². The molecule has 17 heavy (non-hydrogen) atoms. The van der Waals surface area contributed by atoms with Gasteiger partial charge in [0.25, 0.3) is 0 Å². The fourth-order valence-electron chi connectivity index (χ4n) is 1.20. The first-order valence-corrected chi connectivity index (χ1v) is 6.58. The quantitative estimate of drug-likeness (QED) is 0.886. The molecule has 5 nitrogen and oxygen atoms in total. The molecule has 2 rings (SSSR count). The molecule has 96 valence electrons. The van der Waals surface area contributed by atoms with Gasteiger partial charge in [-0.2, -0.15) is 5.10 Å². The average molecular weight is 304 g/mol. The van der Waals surface area contributed by atoms with E-state index in [0.717, 1.165) is 11.9 Å². The molecule has 2 aliphatic rings. The molecule has 0 bridgehead atoms. The van der Waals surface area contributed by atoms with E-state index >= 15 is 0 Å². The highest BCUT2D eigenvalue weighted by atomic mass is 79.9. The van der Waals surface area contributed by atoms with Crippen molar-refractivity contribution in [1.29, 1.82) is 0 Å². The molecule has 0 saturated carbocycles. The molecule has 0 spiro atoms. The largest absolute Gasteiger partial charge is 0.444 e. The highest BCUT2D eigenvalue weighted by molar-refractivity contribution is 9.09. The maximum absolute atomic E-state index is 10.0. The smallest absolute Gasteiger partial charge is 0.405 e. The van der Waals surface area contributed by atoms with E-state index in [1.807, 2.05) is 0 Å². The van der Waals surface area contributed by atoms with Crippen LogP contribution in [0.4, 0.5) is 4.79 Å². The molecule has 1 heterocycles. The number of aryl methyl sites for hydroxylation is 1. The minimum absolute atomic E-state index is 0.453. The Bertz CT molecular complexity index is 396. The van der Waals surface area contributed by atoms with Gasteiger partial charge in [-0.3, -0.25) is 4.68 Å². The standard InChI is InChI=1S/C6H7BrN2.C5H11NO2/c7-2-1-3-9-6-4-5(6)8-9;1-5(2,3)8-4(6)7/h4H,1-3H2;1-3H3,(H2,6,7). The fraction of sp³-hybridized carbons (Fsp3) is 0.636. The van der Waals surface area contributed by atoms with Crippen LogP contribution < -0.4 is 5.73 Å². The number of rotatable bonds is 3. The number of nitrogens with zero attached hydrogens (tertiary/aromatic N) is 2. The van der Waals surface area contributed by atoms with Crippen molar-refractivity contribution < 1.29 is 9.53 Å². The number of aromatic nitrogens is 2. The van der Waals surface area contributed by atoms with Crippen molar-refractivity contribution in [3.05, 3.63) is 6.07 Å². The topological polar surface area (TPSA) is 70.1 Å². The number of fused-ring (bicyclic) bond motifs is 1. The lowest BCUT2D eigenvalue weighted by atomic mass is 10.2. The summed E-state index contributed by atoms with van der Waals surface area (Å²) in [6.45, 7) is 6.36. The zero-order chi connectivity index (χ0) is 13.1. The van der Waals surface area contributed by atoms with Crippen molar-refractivity contribution in [2.45, 2.75) is 39.3 Å². The predicted molar refractivity (Wildman–Crippen MR) is 70.1 cm³/mol. The van der Waals surface area contributed by atoms with E-state index in [2.05, 4.69) is 36.5 Å². The van der Waals surface area contributed by atoms with Crippen LogP contribution in [-0.4, -0.2) is 26.8 Å². The van der Waals surface area contributed by atoms with Gasteiger partial charge in [-0.15, -0.1) is 0 Å². The lowest BCUT2D eigenvalue weighted by Crippen LogP contribution is -2.27. The van der Waals surface area contributed by atoms with Gasteiger partial charge >= 0.3 is 6.09 Å². The van der Waals surface area contributed by atoms with Crippen molar-refractivity contribution in [3.8, 4) is 11.4 Å². The molecule has 2 N–H and O–H groups in total. The lowest BCUT2D eigenvalue weighted by molar-refractivity contribution is 0.0600. The first kappa shape index (κ1) is 14.0. The first-order chi connectivity index (χ1) is 7.83. The Morgan fingerprint density at radius 2 is 2.24 bits per heavy atom. The summed E-state index contributed by atoms with van der Waals surface area (Å²) < 4.78 is 6.63. The Balaban J connectivity index is 0.000000172. The van der Waals surface area contributed by atoms with Crippen LogP contribution in [0.25, 0.3) is 11.4 Å². The van der Waals surface area contributed by atoms with Crippen molar-refractivity contribution in [3.63, 3.8) is 0 Å². The molecule has 0 aromatic rings. The van der Waals surface area contributed by atoms with Crippen LogP contribution in [0.1, 0.15) is 27.2 Å². The third-order valence-corrected chi connectivity index (χ3v) is 2.43. The van der Waals surface area contributed by atoms with Crippen LogP contribution in [0.2, 0.25) is 0 Å². The third kappa shape index (κ3) is 5.21. The number of halogens is 1. The van der Waals surface area contributed by atoms with Crippen LogP contribution in [0.3, 0.4) is 0 Å². The summed E-state index contributed by atoms with van der Waals surface area (Å²) in [5.74, 6) is 0. The van der Waals surface area contributed by atoms with E-state index in [-0.39, 0.29) is 0 Å². The predicted octanol–water partition coefficient (Wildman–Crippen LogP) is 2.53. The summed E-state index contributed by atoms with van der Waals surface area (Å²) in [5, 5.41) is 5.24. The molecule has 1 aliphatic carbocycles. The van der Waals surface area contributed by atoms with Crippen molar-refractivity contribution in [1.82, 2.24) is 9.78 Å². The number of nitrogens with two attached hydrogens (primary N) is 1. The first-order valence-electron chi connectivity index (χ1n) is 5.46. The fourth-order valence-corrected chi connectivity index (χ4v) is 1.45. The van der Waals surface area contributed by atoms with E-state index in [1.165, 1.54) is 17.8 Å². The minimum Gasteiger partial charge on any atom is -0.444 e. The van der Waals surface area contributed by atoms with Crippen molar-refractivity contribution >= 4 is 22.0 Å². The Morgan fingerprint density at radius 1 is 1.59 bits per heavy atom. The molecular formula is C11H18BrN3O2. The minimum atomic E-state index is -0.725. The Kier molecular flexibility index (Phi) is 4.56. The van der Waals surface area contributed by atoms with Crippen molar-refractivity contribution in [2.24, 2.45) is 5.73 Å². The number of ether oxygens (including phenoxy) is 1. The summed E-state index contributed by atoms with van der Waals surface area (Å²) in [6, 6.07) is 2.11. The van der Waals surface area contributed by atoms with Crippen LogP contribution in [0.15, 0.2) is 6.07 Å². The summed E-state index contributed by atoms with van der Waals surface area (Å²) in [4.78, 5) is 10.0. The number of carbonyl (C=O) groups excluding carboxylic acids is 1. The second kappa shape index (κ2) is 5.53. The number of alkyl halides is 1. The van der Waals surface area contributed by atoms with Gasteiger partial charge < -0.3 is 10.5 Å².